The average Bonchev–Trinajstić information content (AvgIpc) is 3.30. The zero-order valence-electron chi connectivity index (χ0n) is 13.6. The van der Waals surface area contributed by atoms with Crippen molar-refractivity contribution in [1.82, 2.24) is 15.2 Å². The predicted molar refractivity (Wildman–Crippen MR) is 87.8 cm³/mol. The first kappa shape index (κ1) is 14.8. The number of hydrogen-bond donors (Lipinski definition) is 1. The zero-order chi connectivity index (χ0) is 14.8. The molecule has 2 heterocycles. The fraction of sp³-hybridized carbons (Fsp3) is 0.706. The van der Waals surface area contributed by atoms with Gasteiger partial charge in [-0.05, 0) is 37.0 Å². The Kier molecular flexibility index (Phi) is 4.45. The van der Waals surface area contributed by atoms with Crippen molar-refractivity contribution in [2.75, 3.05) is 31.1 Å². The molecule has 0 bridgehead atoms. The highest BCUT2D eigenvalue weighted by Gasteiger charge is 2.31. The van der Waals surface area contributed by atoms with E-state index in [0.29, 0.717) is 6.04 Å². The number of hydrogen-bond acceptors (Lipinski definition) is 4. The number of aryl methyl sites for hydroxylation is 1. The molecule has 1 aromatic rings. The summed E-state index contributed by atoms with van der Waals surface area (Å²) in [6.07, 6.45) is 4.86. The second-order valence-electron chi connectivity index (χ2n) is 6.77. The molecule has 1 aromatic heterocycles. The number of nitrogens with zero attached hydrogens (tertiary/aromatic N) is 3. The lowest BCUT2D eigenvalue weighted by Gasteiger charge is -2.36. The molecule has 0 aromatic carbocycles. The van der Waals surface area contributed by atoms with Gasteiger partial charge in [-0.2, -0.15) is 0 Å². The quantitative estimate of drug-likeness (QED) is 0.900. The molecule has 1 N–H and O–H groups in total. The SMILES string of the molecule is Cc1cc(CNC(C)C)cnc1N1CCN(C2CC2)CC1. The molecule has 0 spiro atoms. The molecule has 4 heteroatoms. The highest BCUT2D eigenvalue weighted by molar-refractivity contribution is 5.47. The second kappa shape index (κ2) is 6.32. The van der Waals surface area contributed by atoms with Gasteiger partial charge in [-0.3, -0.25) is 4.90 Å². The van der Waals surface area contributed by atoms with Gasteiger partial charge in [0.2, 0.25) is 0 Å². The van der Waals surface area contributed by atoms with Gasteiger partial charge in [0.1, 0.15) is 5.82 Å². The van der Waals surface area contributed by atoms with E-state index in [-0.39, 0.29) is 0 Å². The lowest BCUT2D eigenvalue weighted by Crippen LogP contribution is -2.47. The third-order valence-electron chi connectivity index (χ3n) is 4.50. The van der Waals surface area contributed by atoms with Crippen LogP contribution >= 0.6 is 0 Å². The molecule has 4 nitrogen and oxygen atoms in total. The van der Waals surface area contributed by atoms with Crippen LogP contribution in [0.1, 0.15) is 37.8 Å². The van der Waals surface area contributed by atoms with Gasteiger partial charge >= 0.3 is 0 Å². The first-order valence-corrected chi connectivity index (χ1v) is 8.31. The summed E-state index contributed by atoms with van der Waals surface area (Å²) >= 11 is 0. The number of nitrogens with one attached hydrogen (secondary N) is 1. The molecule has 0 amide bonds. The normalized spacial score (nSPS) is 20.3. The van der Waals surface area contributed by atoms with E-state index in [9.17, 15) is 0 Å². The van der Waals surface area contributed by atoms with Crippen molar-refractivity contribution in [3.8, 4) is 0 Å². The minimum Gasteiger partial charge on any atom is -0.354 e. The van der Waals surface area contributed by atoms with Crippen molar-refractivity contribution in [3.63, 3.8) is 0 Å². The molecule has 1 saturated carbocycles. The van der Waals surface area contributed by atoms with E-state index < -0.39 is 0 Å². The number of piperazine rings is 1. The van der Waals surface area contributed by atoms with Gasteiger partial charge in [-0.25, -0.2) is 4.98 Å². The van der Waals surface area contributed by atoms with Crippen molar-refractivity contribution >= 4 is 5.82 Å². The molecular formula is C17H28N4. The molecular weight excluding hydrogens is 260 g/mol. The van der Waals surface area contributed by atoms with Gasteiger partial charge in [-0.1, -0.05) is 13.8 Å². The van der Waals surface area contributed by atoms with Gasteiger partial charge in [0.15, 0.2) is 0 Å². The smallest absolute Gasteiger partial charge is 0.131 e. The van der Waals surface area contributed by atoms with E-state index in [4.69, 9.17) is 4.98 Å². The monoisotopic (exact) mass is 288 g/mol. The summed E-state index contributed by atoms with van der Waals surface area (Å²) in [6, 6.07) is 3.69. The number of pyridine rings is 1. The fourth-order valence-corrected chi connectivity index (χ4v) is 3.11. The maximum Gasteiger partial charge on any atom is 0.131 e. The maximum atomic E-state index is 4.73. The average molecular weight is 288 g/mol. The van der Waals surface area contributed by atoms with Crippen LogP contribution in [0.5, 0.6) is 0 Å². The van der Waals surface area contributed by atoms with E-state index in [2.05, 4.69) is 42.0 Å². The van der Waals surface area contributed by atoms with Crippen LogP contribution in [-0.2, 0) is 6.54 Å². The summed E-state index contributed by atoms with van der Waals surface area (Å²) in [6.45, 7) is 12.1. The van der Waals surface area contributed by atoms with Gasteiger partial charge in [0.25, 0.3) is 0 Å². The summed E-state index contributed by atoms with van der Waals surface area (Å²) < 4.78 is 0. The third-order valence-corrected chi connectivity index (χ3v) is 4.50. The largest absolute Gasteiger partial charge is 0.354 e. The summed E-state index contributed by atoms with van der Waals surface area (Å²) in [7, 11) is 0. The fourth-order valence-electron chi connectivity index (χ4n) is 3.11. The third kappa shape index (κ3) is 3.74. The van der Waals surface area contributed by atoms with Crippen molar-refractivity contribution in [2.24, 2.45) is 0 Å². The van der Waals surface area contributed by atoms with Crippen molar-refractivity contribution in [3.05, 3.63) is 23.4 Å². The number of anilines is 1. The van der Waals surface area contributed by atoms with Crippen LogP contribution in [0.3, 0.4) is 0 Å². The minimum atomic E-state index is 0.514. The molecule has 1 aliphatic carbocycles. The summed E-state index contributed by atoms with van der Waals surface area (Å²) in [4.78, 5) is 9.83. The van der Waals surface area contributed by atoms with Crippen LogP contribution in [0.15, 0.2) is 12.3 Å². The Morgan fingerprint density at radius 3 is 2.52 bits per heavy atom. The standard InChI is InChI=1S/C17H28N4/c1-13(2)18-11-15-10-14(3)17(19-12-15)21-8-6-20(7-9-21)16-4-5-16/h10,12-13,16,18H,4-9,11H2,1-3H3. The van der Waals surface area contributed by atoms with Crippen molar-refractivity contribution in [1.29, 1.82) is 0 Å². The highest BCUT2D eigenvalue weighted by Crippen LogP contribution is 2.28. The van der Waals surface area contributed by atoms with E-state index in [1.54, 1.807) is 0 Å². The van der Waals surface area contributed by atoms with Crippen LogP contribution in [0.25, 0.3) is 0 Å². The first-order valence-electron chi connectivity index (χ1n) is 8.31. The Bertz CT molecular complexity index is 474. The molecule has 1 aliphatic heterocycles. The zero-order valence-corrected chi connectivity index (χ0v) is 13.6. The highest BCUT2D eigenvalue weighted by atomic mass is 15.3. The molecule has 1 saturated heterocycles. The van der Waals surface area contributed by atoms with E-state index >= 15 is 0 Å². The van der Waals surface area contributed by atoms with Gasteiger partial charge in [0, 0.05) is 51.0 Å². The minimum absolute atomic E-state index is 0.514. The molecule has 0 radical (unpaired) electrons. The number of rotatable bonds is 5. The van der Waals surface area contributed by atoms with Gasteiger partial charge in [-0.15, -0.1) is 0 Å². The van der Waals surface area contributed by atoms with Crippen LogP contribution < -0.4 is 10.2 Å². The van der Waals surface area contributed by atoms with Gasteiger partial charge < -0.3 is 10.2 Å². The van der Waals surface area contributed by atoms with Crippen molar-refractivity contribution < 1.29 is 0 Å². The lowest BCUT2D eigenvalue weighted by atomic mass is 10.1. The Labute approximate surface area is 128 Å². The lowest BCUT2D eigenvalue weighted by molar-refractivity contribution is 0.247. The predicted octanol–water partition coefficient (Wildman–Crippen LogP) is 2.17. The molecule has 0 atom stereocenters. The number of aromatic nitrogens is 1. The van der Waals surface area contributed by atoms with E-state index in [1.807, 2.05) is 6.20 Å². The molecule has 0 unspecified atom stereocenters. The Hall–Kier alpha value is -1.13. The molecule has 2 aliphatic rings. The maximum absolute atomic E-state index is 4.73. The van der Waals surface area contributed by atoms with Crippen LogP contribution in [0.2, 0.25) is 0 Å². The topological polar surface area (TPSA) is 31.4 Å². The Morgan fingerprint density at radius 2 is 1.95 bits per heavy atom. The van der Waals surface area contributed by atoms with E-state index in [1.165, 1.54) is 42.9 Å². The molecule has 21 heavy (non-hydrogen) atoms. The summed E-state index contributed by atoms with van der Waals surface area (Å²) in [5, 5.41) is 3.45. The summed E-state index contributed by atoms with van der Waals surface area (Å²) in [5.74, 6) is 1.18. The molecule has 116 valence electrons. The van der Waals surface area contributed by atoms with E-state index in [0.717, 1.165) is 25.7 Å². The Balaban J connectivity index is 1.60. The Morgan fingerprint density at radius 1 is 1.24 bits per heavy atom. The first-order chi connectivity index (χ1) is 10.1. The van der Waals surface area contributed by atoms with Crippen LogP contribution in [0.4, 0.5) is 5.82 Å². The van der Waals surface area contributed by atoms with Crippen LogP contribution in [0, 0.1) is 6.92 Å². The second-order valence-corrected chi connectivity index (χ2v) is 6.77. The summed E-state index contributed by atoms with van der Waals surface area (Å²) in [5.41, 5.74) is 2.58. The molecule has 2 fully saturated rings. The van der Waals surface area contributed by atoms with Crippen LogP contribution in [-0.4, -0.2) is 48.1 Å². The van der Waals surface area contributed by atoms with Crippen molar-refractivity contribution in [2.45, 2.75) is 52.2 Å². The molecule has 3 rings (SSSR count). The van der Waals surface area contributed by atoms with Gasteiger partial charge in [0.05, 0.1) is 0 Å².